The van der Waals surface area contributed by atoms with Crippen molar-refractivity contribution in [3.63, 3.8) is 0 Å². The minimum atomic E-state index is 0. The molecule has 164 valence electrons. The first-order valence-corrected chi connectivity index (χ1v) is 10.3. The Hall–Kier alpha value is -2.53. The van der Waals surface area contributed by atoms with Gasteiger partial charge in [-0.3, -0.25) is 4.98 Å². The van der Waals surface area contributed by atoms with E-state index < -0.39 is 0 Å². The molecular formula is C21H27N7O2S. The van der Waals surface area contributed by atoms with Crippen molar-refractivity contribution in [1.29, 1.82) is 0 Å². The molecule has 10 heteroatoms. The van der Waals surface area contributed by atoms with Crippen LogP contribution in [0.2, 0.25) is 0 Å². The molecule has 2 aliphatic heterocycles. The highest BCUT2D eigenvalue weighted by Crippen LogP contribution is 2.26. The van der Waals surface area contributed by atoms with Crippen LogP contribution in [0.15, 0.2) is 36.8 Å². The standard InChI is InChI=1S/C21H25N7O2.H2S/c1-2-19(28-6-9-29-10-7-28)25-12-15(1)17-11-18-20(24-4-3-23-18)21(27-17)26-14-16-13-22-5-8-30-16;/h1-4,11-12,16,22H,5-10,13-14H2,(H,26,27);1H2/t16-;/m0./s1. The number of hydrogen-bond acceptors (Lipinski definition) is 9. The Labute approximate surface area is 188 Å². The molecule has 2 fully saturated rings. The van der Waals surface area contributed by atoms with Crippen LogP contribution in [-0.2, 0) is 9.47 Å². The van der Waals surface area contributed by atoms with Crippen LogP contribution in [-0.4, -0.2) is 78.6 Å². The average Bonchev–Trinajstić information content (AvgIpc) is 2.84. The Morgan fingerprint density at radius 3 is 2.74 bits per heavy atom. The van der Waals surface area contributed by atoms with Crippen LogP contribution < -0.4 is 15.5 Å². The van der Waals surface area contributed by atoms with Crippen molar-refractivity contribution in [2.75, 3.05) is 62.8 Å². The van der Waals surface area contributed by atoms with Crippen molar-refractivity contribution < 1.29 is 9.47 Å². The summed E-state index contributed by atoms with van der Waals surface area (Å²) in [7, 11) is 0. The lowest BCUT2D eigenvalue weighted by atomic mass is 10.1. The van der Waals surface area contributed by atoms with Gasteiger partial charge in [0, 0.05) is 56.9 Å². The Bertz CT molecular complexity index is 993. The van der Waals surface area contributed by atoms with Crippen LogP contribution in [0.25, 0.3) is 22.3 Å². The predicted octanol–water partition coefficient (Wildman–Crippen LogP) is 1.44. The zero-order valence-electron chi connectivity index (χ0n) is 17.3. The number of nitrogens with zero attached hydrogens (tertiary/aromatic N) is 5. The number of rotatable bonds is 5. The highest BCUT2D eigenvalue weighted by Gasteiger charge is 2.16. The van der Waals surface area contributed by atoms with Gasteiger partial charge < -0.3 is 25.0 Å². The van der Waals surface area contributed by atoms with Gasteiger partial charge in [-0.1, -0.05) is 0 Å². The predicted molar refractivity (Wildman–Crippen MR) is 125 cm³/mol. The smallest absolute Gasteiger partial charge is 0.154 e. The summed E-state index contributed by atoms with van der Waals surface area (Å²) in [5.74, 6) is 1.67. The molecule has 3 aromatic rings. The topological polar surface area (TPSA) is 97.3 Å². The zero-order valence-corrected chi connectivity index (χ0v) is 18.3. The molecule has 3 aromatic heterocycles. The third-order valence-electron chi connectivity index (χ3n) is 5.34. The molecule has 5 heterocycles. The fourth-order valence-corrected chi connectivity index (χ4v) is 3.72. The average molecular weight is 442 g/mol. The van der Waals surface area contributed by atoms with E-state index in [0.717, 1.165) is 74.1 Å². The van der Waals surface area contributed by atoms with Crippen molar-refractivity contribution in [2.45, 2.75) is 6.10 Å². The van der Waals surface area contributed by atoms with E-state index in [9.17, 15) is 0 Å². The van der Waals surface area contributed by atoms with Gasteiger partial charge in [0.25, 0.3) is 0 Å². The van der Waals surface area contributed by atoms with E-state index in [1.54, 1.807) is 12.4 Å². The van der Waals surface area contributed by atoms with Crippen molar-refractivity contribution in [2.24, 2.45) is 0 Å². The van der Waals surface area contributed by atoms with Crippen LogP contribution >= 0.6 is 13.5 Å². The maximum absolute atomic E-state index is 5.79. The Kier molecular flexibility index (Phi) is 7.13. The number of hydrogen-bond donors (Lipinski definition) is 2. The minimum absolute atomic E-state index is 0. The second kappa shape index (κ2) is 10.2. The number of morpholine rings is 2. The van der Waals surface area contributed by atoms with Gasteiger partial charge in [0.05, 0.1) is 37.1 Å². The first kappa shape index (κ1) is 21.7. The molecule has 31 heavy (non-hydrogen) atoms. The van der Waals surface area contributed by atoms with Gasteiger partial charge in [-0.05, 0) is 18.2 Å². The molecule has 0 aliphatic carbocycles. The van der Waals surface area contributed by atoms with E-state index in [0.29, 0.717) is 12.4 Å². The summed E-state index contributed by atoms with van der Waals surface area (Å²) >= 11 is 0. The molecular weight excluding hydrogens is 414 g/mol. The molecule has 0 amide bonds. The number of fused-ring (bicyclic) bond motifs is 1. The van der Waals surface area contributed by atoms with Gasteiger partial charge in [-0.15, -0.1) is 0 Å². The summed E-state index contributed by atoms with van der Waals surface area (Å²) in [5, 5.41) is 6.75. The molecule has 9 nitrogen and oxygen atoms in total. The Balaban J connectivity index is 0.00000231. The van der Waals surface area contributed by atoms with Crippen LogP contribution in [0, 0.1) is 0 Å². The first-order valence-electron chi connectivity index (χ1n) is 10.3. The van der Waals surface area contributed by atoms with Crippen LogP contribution in [0.1, 0.15) is 0 Å². The lowest BCUT2D eigenvalue weighted by molar-refractivity contribution is 0.0372. The normalized spacial score (nSPS) is 19.1. The zero-order chi connectivity index (χ0) is 20.2. The van der Waals surface area contributed by atoms with E-state index in [4.69, 9.17) is 14.5 Å². The lowest BCUT2D eigenvalue weighted by Crippen LogP contribution is -2.42. The first-order chi connectivity index (χ1) is 14.9. The number of pyridine rings is 2. The van der Waals surface area contributed by atoms with Crippen molar-refractivity contribution >= 4 is 36.2 Å². The van der Waals surface area contributed by atoms with Gasteiger partial charge in [-0.2, -0.15) is 13.5 Å². The largest absolute Gasteiger partial charge is 0.378 e. The molecule has 2 aliphatic rings. The Morgan fingerprint density at radius 2 is 1.97 bits per heavy atom. The van der Waals surface area contributed by atoms with Gasteiger partial charge in [0.1, 0.15) is 11.3 Å². The van der Waals surface area contributed by atoms with Gasteiger partial charge in [0.15, 0.2) is 5.82 Å². The van der Waals surface area contributed by atoms with E-state index in [1.807, 2.05) is 18.3 Å². The second-order valence-electron chi connectivity index (χ2n) is 7.36. The molecule has 1 atom stereocenters. The summed E-state index contributed by atoms with van der Waals surface area (Å²) in [6, 6.07) is 6.05. The van der Waals surface area contributed by atoms with Crippen LogP contribution in [0.5, 0.6) is 0 Å². The molecule has 2 N–H and O–H groups in total. The molecule has 0 saturated carbocycles. The monoisotopic (exact) mass is 441 g/mol. The molecule has 0 aromatic carbocycles. The van der Waals surface area contributed by atoms with Crippen LogP contribution in [0.3, 0.4) is 0 Å². The number of nitrogens with one attached hydrogen (secondary N) is 2. The lowest BCUT2D eigenvalue weighted by Gasteiger charge is -2.27. The maximum atomic E-state index is 5.79. The third kappa shape index (κ3) is 5.04. The van der Waals surface area contributed by atoms with Gasteiger partial charge >= 0.3 is 0 Å². The van der Waals surface area contributed by atoms with E-state index >= 15 is 0 Å². The van der Waals surface area contributed by atoms with Gasteiger partial charge in [-0.25, -0.2) is 15.0 Å². The van der Waals surface area contributed by atoms with Gasteiger partial charge in [0.2, 0.25) is 0 Å². The highest BCUT2D eigenvalue weighted by atomic mass is 32.1. The molecule has 2 saturated heterocycles. The van der Waals surface area contributed by atoms with Crippen LogP contribution in [0.4, 0.5) is 11.6 Å². The van der Waals surface area contributed by atoms with E-state index in [-0.39, 0.29) is 19.6 Å². The highest BCUT2D eigenvalue weighted by molar-refractivity contribution is 7.59. The summed E-state index contributed by atoms with van der Waals surface area (Å²) < 4.78 is 11.2. The summed E-state index contributed by atoms with van der Waals surface area (Å²) in [5.41, 5.74) is 3.31. The third-order valence-corrected chi connectivity index (χ3v) is 5.34. The molecule has 0 bridgehead atoms. The van der Waals surface area contributed by atoms with Crippen molar-refractivity contribution in [1.82, 2.24) is 25.3 Å². The summed E-state index contributed by atoms with van der Waals surface area (Å²) in [6.07, 6.45) is 5.36. The molecule has 0 spiro atoms. The minimum Gasteiger partial charge on any atom is -0.378 e. The summed E-state index contributed by atoms with van der Waals surface area (Å²) in [4.78, 5) is 20.7. The molecule has 0 radical (unpaired) electrons. The number of aromatic nitrogens is 4. The Morgan fingerprint density at radius 1 is 1.10 bits per heavy atom. The van der Waals surface area contributed by atoms with Crippen molar-refractivity contribution in [3.05, 3.63) is 36.8 Å². The van der Waals surface area contributed by atoms with Crippen molar-refractivity contribution in [3.8, 4) is 11.3 Å². The second-order valence-corrected chi connectivity index (χ2v) is 7.36. The summed E-state index contributed by atoms with van der Waals surface area (Å²) in [6.45, 7) is 6.30. The fourth-order valence-electron chi connectivity index (χ4n) is 3.72. The quantitative estimate of drug-likeness (QED) is 0.609. The molecule has 0 unspecified atom stereocenters. The number of anilines is 2. The molecule has 5 rings (SSSR count). The fraction of sp³-hybridized carbons (Fsp3) is 0.429. The number of ether oxygens (including phenoxy) is 2. The van der Waals surface area contributed by atoms with E-state index in [2.05, 4.69) is 36.6 Å². The van der Waals surface area contributed by atoms with E-state index in [1.165, 1.54) is 0 Å². The maximum Gasteiger partial charge on any atom is 0.154 e. The SMILES string of the molecule is S.c1cnc2c(NC[C@@H]3CNCCO3)nc(-c3ccc(N4CCOCC4)nc3)cc2n1.